The van der Waals surface area contributed by atoms with Crippen LogP contribution in [0.2, 0.25) is 0 Å². The summed E-state index contributed by atoms with van der Waals surface area (Å²) >= 11 is 0. The summed E-state index contributed by atoms with van der Waals surface area (Å²) in [7, 11) is -3.62. The first-order chi connectivity index (χ1) is 14.0. The van der Waals surface area contributed by atoms with Gasteiger partial charge in [-0.05, 0) is 48.4 Å². The lowest BCUT2D eigenvalue weighted by Crippen LogP contribution is -2.27. The summed E-state index contributed by atoms with van der Waals surface area (Å²) < 4.78 is 26.7. The molecule has 7 heteroatoms. The molecule has 0 unspecified atom stereocenters. The largest absolute Gasteiger partial charge is 0.326 e. The van der Waals surface area contributed by atoms with Crippen LogP contribution < -0.4 is 10.0 Å². The fourth-order valence-electron chi connectivity index (χ4n) is 2.45. The van der Waals surface area contributed by atoms with Gasteiger partial charge in [0.25, 0.3) is 0 Å². The van der Waals surface area contributed by atoms with Gasteiger partial charge in [0.05, 0.1) is 4.90 Å². The Labute approximate surface area is 170 Å². The summed E-state index contributed by atoms with van der Waals surface area (Å²) in [6.45, 7) is 0.00222. The Bertz CT molecular complexity index is 1140. The molecule has 0 atom stereocenters. The number of hydrogen-bond donors (Lipinski definition) is 2. The number of sulfonamides is 1. The van der Waals surface area contributed by atoms with Crippen molar-refractivity contribution in [2.45, 2.75) is 11.3 Å². The summed E-state index contributed by atoms with van der Waals surface area (Å²) in [5, 5.41) is 2.75. The van der Waals surface area contributed by atoms with Crippen LogP contribution in [-0.2, 0) is 14.8 Å². The maximum atomic E-state index is 12.1. The Morgan fingerprint density at radius 1 is 0.931 bits per heavy atom. The van der Waals surface area contributed by atoms with Crippen LogP contribution in [0, 0.1) is 11.8 Å². The highest BCUT2D eigenvalue weighted by Gasteiger charge is 2.13. The van der Waals surface area contributed by atoms with Crippen molar-refractivity contribution in [3.8, 4) is 11.8 Å². The lowest BCUT2D eigenvalue weighted by Gasteiger charge is -2.08. The molecule has 0 fully saturated rings. The van der Waals surface area contributed by atoms with E-state index >= 15 is 0 Å². The van der Waals surface area contributed by atoms with Gasteiger partial charge in [0.2, 0.25) is 15.9 Å². The highest BCUT2D eigenvalue weighted by Crippen LogP contribution is 2.11. The second-order valence-electron chi connectivity index (χ2n) is 6.05. The molecule has 146 valence electrons. The third kappa shape index (κ3) is 6.28. The van der Waals surface area contributed by atoms with Crippen molar-refractivity contribution in [3.05, 3.63) is 90.3 Å². The first kappa shape index (κ1) is 20.3. The molecule has 0 radical (unpaired) electrons. The van der Waals surface area contributed by atoms with Crippen molar-refractivity contribution in [1.29, 1.82) is 0 Å². The maximum Gasteiger partial charge on any atom is 0.240 e. The zero-order valence-electron chi connectivity index (χ0n) is 15.5. The van der Waals surface area contributed by atoms with Crippen molar-refractivity contribution in [2.24, 2.45) is 0 Å². The van der Waals surface area contributed by atoms with E-state index in [2.05, 4.69) is 26.9 Å². The van der Waals surface area contributed by atoms with Gasteiger partial charge in [0.15, 0.2) is 0 Å². The number of amides is 1. The standard InChI is InChI=1S/C22H19N3O3S/c26-22(14-16-24-29(27,28)21-10-2-1-3-11-21)25-20-9-6-7-18(17-20)12-13-19-8-4-5-15-23-19/h1-11,15,17,24H,14,16H2,(H,25,26). The Morgan fingerprint density at radius 3 is 2.48 bits per heavy atom. The first-order valence-corrected chi connectivity index (χ1v) is 10.4. The van der Waals surface area contributed by atoms with Gasteiger partial charge >= 0.3 is 0 Å². The van der Waals surface area contributed by atoms with E-state index < -0.39 is 10.0 Å². The maximum absolute atomic E-state index is 12.1. The van der Waals surface area contributed by atoms with Crippen LogP contribution in [-0.4, -0.2) is 25.9 Å². The van der Waals surface area contributed by atoms with E-state index in [1.165, 1.54) is 12.1 Å². The molecule has 29 heavy (non-hydrogen) atoms. The van der Waals surface area contributed by atoms with Crippen LogP contribution in [0.1, 0.15) is 17.7 Å². The van der Waals surface area contributed by atoms with Gasteiger partial charge in [-0.3, -0.25) is 4.79 Å². The molecule has 0 aliphatic rings. The predicted molar refractivity (Wildman–Crippen MR) is 112 cm³/mol. The zero-order valence-corrected chi connectivity index (χ0v) is 16.3. The molecule has 3 aromatic rings. The van der Waals surface area contributed by atoms with E-state index in [0.29, 0.717) is 11.4 Å². The highest BCUT2D eigenvalue weighted by atomic mass is 32.2. The molecule has 0 spiro atoms. The number of anilines is 1. The predicted octanol–water partition coefficient (Wildman–Crippen LogP) is 2.79. The summed E-state index contributed by atoms with van der Waals surface area (Å²) in [4.78, 5) is 16.4. The average Bonchev–Trinajstić information content (AvgIpc) is 2.74. The SMILES string of the molecule is O=C(CCNS(=O)(=O)c1ccccc1)Nc1cccc(C#Cc2ccccn2)c1. The summed E-state index contributed by atoms with van der Waals surface area (Å²) in [5.74, 6) is 5.66. The number of carbonyl (C=O) groups excluding carboxylic acids is 1. The molecule has 1 heterocycles. The van der Waals surface area contributed by atoms with Crippen molar-refractivity contribution in [2.75, 3.05) is 11.9 Å². The summed E-state index contributed by atoms with van der Waals surface area (Å²) in [6, 6.07) is 20.6. The van der Waals surface area contributed by atoms with Gasteiger partial charge in [-0.1, -0.05) is 36.3 Å². The van der Waals surface area contributed by atoms with Crippen molar-refractivity contribution >= 4 is 21.6 Å². The fraction of sp³-hybridized carbons (Fsp3) is 0.0909. The third-order valence-corrected chi connectivity index (χ3v) is 5.32. The second-order valence-corrected chi connectivity index (χ2v) is 7.82. The molecular weight excluding hydrogens is 386 g/mol. The van der Waals surface area contributed by atoms with E-state index in [-0.39, 0.29) is 23.8 Å². The molecule has 2 aromatic carbocycles. The number of nitrogens with one attached hydrogen (secondary N) is 2. The molecule has 1 amide bonds. The Balaban J connectivity index is 1.54. The minimum absolute atomic E-state index is 0.00222. The number of pyridine rings is 1. The topological polar surface area (TPSA) is 88.2 Å². The van der Waals surface area contributed by atoms with Crippen molar-refractivity contribution < 1.29 is 13.2 Å². The van der Waals surface area contributed by atoms with Crippen molar-refractivity contribution in [3.63, 3.8) is 0 Å². The van der Waals surface area contributed by atoms with Crippen LogP contribution >= 0.6 is 0 Å². The molecule has 1 aromatic heterocycles. The van der Waals surface area contributed by atoms with Crippen LogP contribution in [0.4, 0.5) is 5.69 Å². The van der Waals surface area contributed by atoms with E-state index in [0.717, 1.165) is 5.56 Å². The molecule has 6 nitrogen and oxygen atoms in total. The molecule has 2 N–H and O–H groups in total. The van der Waals surface area contributed by atoms with E-state index in [4.69, 9.17) is 0 Å². The lowest BCUT2D eigenvalue weighted by molar-refractivity contribution is -0.116. The fourth-order valence-corrected chi connectivity index (χ4v) is 3.51. The van der Waals surface area contributed by atoms with Crippen LogP contribution in [0.3, 0.4) is 0 Å². The van der Waals surface area contributed by atoms with Crippen LogP contribution in [0.15, 0.2) is 83.9 Å². The van der Waals surface area contributed by atoms with Gasteiger partial charge in [0.1, 0.15) is 5.69 Å². The smallest absolute Gasteiger partial charge is 0.240 e. The van der Waals surface area contributed by atoms with E-state index in [1.807, 2.05) is 24.3 Å². The Morgan fingerprint density at radius 2 is 1.72 bits per heavy atom. The van der Waals surface area contributed by atoms with Crippen molar-refractivity contribution in [1.82, 2.24) is 9.71 Å². The van der Waals surface area contributed by atoms with Gasteiger partial charge in [-0.2, -0.15) is 0 Å². The Kier molecular flexibility index (Phi) is 6.74. The van der Waals surface area contributed by atoms with Gasteiger partial charge < -0.3 is 5.32 Å². The first-order valence-electron chi connectivity index (χ1n) is 8.91. The number of nitrogens with zero attached hydrogens (tertiary/aromatic N) is 1. The summed E-state index contributed by atoms with van der Waals surface area (Å²) in [6.07, 6.45) is 1.68. The van der Waals surface area contributed by atoms with E-state index in [1.54, 1.807) is 42.6 Å². The zero-order chi connectivity index (χ0) is 20.5. The van der Waals surface area contributed by atoms with Gasteiger partial charge in [-0.15, -0.1) is 0 Å². The number of benzene rings is 2. The second kappa shape index (κ2) is 9.64. The number of aromatic nitrogens is 1. The Hall–Kier alpha value is -3.47. The number of carbonyl (C=O) groups is 1. The number of hydrogen-bond acceptors (Lipinski definition) is 4. The summed E-state index contributed by atoms with van der Waals surface area (Å²) in [5.41, 5.74) is 1.99. The minimum atomic E-state index is -3.62. The molecule has 3 rings (SSSR count). The minimum Gasteiger partial charge on any atom is -0.326 e. The average molecular weight is 405 g/mol. The van der Waals surface area contributed by atoms with Gasteiger partial charge in [0, 0.05) is 30.4 Å². The lowest BCUT2D eigenvalue weighted by atomic mass is 10.2. The number of rotatable bonds is 6. The normalized spacial score (nSPS) is 10.6. The molecule has 0 bridgehead atoms. The van der Waals surface area contributed by atoms with E-state index in [9.17, 15) is 13.2 Å². The van der Waals surface area contributed by atoms with Gasteiger partial charge in [-0.25, -0.2) is 18.1 Å². The van der Waals surface area contributed by atoms with Crippen LogP contribution in [0.25, 0.3) is 0 Å². The molecule has 0 saturated carbocycles. The highest BCUT2D eigenvalue weighted by molar-refractivity contribution is 7.89. The third-order valence-electron chi connectivity index (χ3n) is 3.84. The molecule has 0 saturated heterocycles. The molecular formula is C22H19N3O3S. The van der Waals surface area contributed by atoms with Crippen LogP contribution in [0.5, 0.6) is 0 Å². The monoisotopic (exact) mass is 405 g/mol. The molecule has 0 aliphatic heterocycles. The quantitative estimate of drug-likeness (QED) is 0.618. The molecule has 0 aliphatic carbocycles.